The maximum atomic E-state index is 13.1. The van der Waals surface area contributed by atoms with Crippen LogP contribution in [0.5, 0.6) is 0 Å². The summed E-state index contributed by atoms with van der Waals surface area (Å²) in [6, 6.07) is 0. The molecule has 11 unspecified atom stereocenters. The highest BCUT2D eigenvalue weighted by molar-refractivity contribution is 5.69. The Labute approximate surface area is 471 Å². The highest BCUT2D eigenvalue weighted by Gasteiger charge is 2.47. The van der Waals surface area contributed by atoms with Crippen LogP contribution in [-0.2, 0) is 33.2 Å². The highest BCUT2D eigenvalue weighted by atomic mass is 16.7. The molecule has 11 atom stereocenters. The van der Waals surface area contributed by atoms with Crippen LogP contribution in [0.2, 0.25) is 0 Å². The van der Waals surface area contributed by atoms with Gasteiger partial charge in [-0.05, 0) is 70.6 Å². The van der Waals surface area contributed by atoms with Crippen molar-refractivity contribution < 1.29 is 69.0 Å². The number of carbonyl (C=O) groups excluding carboxylic acids is 1. The van der Waals surface area contributed by atoms with Crippen molar-refractivity contribution in [2.24, 2.45) is 0 Å². The predicted octanol–water partition coefficient (Wildman–Crippen LogP) is 11.6. The fourth-order valence-electron chi connectivity index (χ4n) is 9.27. The Morgan fingerprint density at radius 3 is 1.29 bits per heavy atom. The quantitative estimate of drug-likeness (QED) is 0.0172. The van der Waals surface area contributed by atoms with E-state index >= 15 is 0 Å². The molecule has 78 heavy (non-hydrogen) atoms. The second-order valence-corrected chi connectivity index (χ2v) is 21.2. The molecule has 0 bridgehead atoms. The van der Waals surface area contributed by atoms with Crippen molar-refractivity contribution in [3.63, 3.8) is 0 Å². The van der Waals surface area contributed by atoms with Gasteiger partial charge in [-0.1, -0.05) is 221 Å². The molecule has 14 nitrogen and oxygen atoms in total. The number of unbranched alkanes of at least 4 members (excludes halogenated alkanes) is 21. The molecule has 2 fully saturated rings. The van der Waals surface area contributed by atoms with Gasteiger partial charge in [-0.3, -0.25) is 4.79 Å². The lowest BCUT2D eigenvalue weighted by Gasteiger charge is -2.42. The van der Waals surface area contributed by atoms with Crippen molar-refractivity contribution in [3.05, 3.63) is 85.1 Å². The van der Waals surface area contributed by atoms with Crippen LogP contribution in [-0.4, -0.2) is 142 Å². The largest absolute Gasteiger partial charge is 0.457 e. The number of esters is 1. The molecular formula is C64H110O14. The number of carbonyl (C=O) groups is 1. The Hall–Kier alpha value is -2.83. The first-order valence-electron chi connectivity index (χ1n) is 30.7. The van der Waals surface area contributed by atoms with Crippen molar-refractivity contribution >= 4 is 5.97 Å². The summed E-state index contributed by atoms with van der Waals surface area (Å²) in [5.41, 5.74) is 0. The van der Waals surface area contributed by atoms with E-state index in [4.69, 9.17) is 28.4 Å². The zero-order valence-electron chi connectivity index (χ0n) is 48.4. The van der Waals surface area contributed by atoms with Gasteiger partial charge in [-0.15, -0.1) is 0 Å². The van der Waals surface area contributed by atoms with Gasteiger partial charge in [-0.2, -0.15) is 0 Å². The van der Waals surface area contributed by atoms with E-state index in [1.54, 1.807) is 0 Å². The molecule has 2 aliphatic rings. The van der Waals surface area contributed by atoms with Gasteiger partial charge in [0.15, 0.2) is 12.6 Å². The van der Waals surface area contributed by atoms with Gasteiger partial charge in [0, 0.05) is 13.0 Å². The van der Waals surface area contributed by atoms with E-state index < -0.39 is 86.7 Å². The lowest BCUT2D eigenvalue weighted by molar-refractivity contribution is -0.332. The summed E-state index contributed by atoms with van der Waals surface area (Å²) in [6.45, 7) is 3.55. The third-order valence-electron chi connectivity index (χ3n) is 14.2. The van der Waals surface area contributed by atoms with Crippen molar-refractivity contribution in [2.45, 2.75) is 280 Å². The van der Waals surface area contributed by atoms with Crippen LogP contribution in [0.4, 0.5) is 0 Å². The first kappa shape index (κ1) is 71.3. The molecule has 0 spiro atoms. The zero-order chi connectivity index (χ0) is 56.5. The van der Waals surface area contributed by atoms with E-state index in [9.17, 15) is 40.5 Å². The average Bonchev–Trinajstić information content (AvgIpc) is 3.44. The van der Waals surface area contributed by atoms with Crippen LogP contribution in [0.1, 0.15) is 213 Å². The van der Waals surface area contributed by atoms with Gasteiger partial charge in [0.25, 0.3) is 0 Å². The molecular weight excluding hydrogens is 993 g/mol. The Balaban J connectivity index is 1.72. The van der Waals surface area contributed by atoms with E-state index in [1.807, 2.05) is 0 Å². The van der Waals surface area contributed by atoms with Gasteiger partial charge in [0.2, 0.25) is 0 Å². The molecule has 0 radical (unpaired) electrons. The second kappa shape index (κ2) is 49.9. The lowest BCUT2D eigenvalue weighted by Crippen LogP contribution is -2.61. The van der Waals surface area contributed by atoms with E-state index in [0.29, 0.717) is 13.0 Å². The number of ether oxygens (including phenoxy) is 6. The highest BCUT2D eigenvalue weighted by Crippen LogP contribution is 2.27. The smallest absolute Gasteiger partial charge is 0.306 e. The fourth-order valence-corrected chi connectivity index (χ4v) is 9.27. The third kappa shape index (κ3) is 35.8. The number of aliphatic hydroxyl groups excluding tert-OH is 7. The molecule has 2 rings (SSSR count). The minimum Gasteiger partial charge on any atom is -0.457 e. The Morgan fingerprint density at radius 1 is 0.436 bits per heavy atom. The van der Waals surface area contributed by atoms with Crippen LogP contribution in [0, 0.1) is 0 Å². The molecule has 2 saturated heterocycles. The minimum absolute atomic E-state index is 0.0456. The molecule has 2 aliphatic heterocycles. The number of hydrogen-bond acceptors (Lipinski definition) is 14. The number of allylic oxidation sites excluding steroid dienone is 14. The summed E-state index contributed by atoms with van der Waals surface area (Å²) in [5.74, 6) is -0.407. The summed E-state index contributed by atoms with van der Waals surface area (Å²) in [7, 11) is 0. The van der Waals surface area contributed by atoms with Gasteiger partial charge >= 0.3 is 5.97 Å². The Kier molecular flexibility index (Phi) is 45.6. The normalized spacial score (nSPS) is 24.7. The Bertz CT molecular complexity index is 1610. The molecule has 0 aromatic carbocycles. The minimum atomic E-state index is -1.72. The predicted molar refractivity (Wildman–Crippen MR) is 312 cm³/mol. The average molecular weight is 1100 g/mol. The Morgan fingerprint density at radius 2 is 0.833 bits per heavy atom. The first-order valence-corrected chi connectivity index (χ1v) is 30.7. The summed E-state index contributed by atoms with van der Waals surface area (Å²) >= 11 is 0. The third-order valence-corrected chi connectivity index (χ3v) is 14.2. The molecule has 0 amide bonds. The summed E-state index contributed by atoms with van der Waals surface area (Å²) < 4.78 is 34.4. The fraction of sp³-hybridized carbons (Fsp3) is 0.766. The second-order valence-electron chi connectivity index (χ2n) is 21.2. The summed E-state index contributed by atoms with van der Waals surface area (Å²) in [4.78, 5) is 13.1. The first-order chi connectivity index (χ1) is 38.1. The van der Waals surface area contributed by atoms with E-state index in [1.165, 1.54) is 103 Å². The van der Waals surface area contributed by atoms with E-state index in [0.717, 1.165) is 83.5 Å². The molecule has 450 valence electrons. The van der Waals surface area contributed by atoms with E-state index in [2.05, 4.69) is 98.9 Å². The van der Waals surface area contributed by atoms with Crippen LogP contribution in [0.3, 0.4) is 0 Å². The molecule has 2 heterocycles. The van der Waals surface area contributed by atoms with Crippen molar-refractivity contribution in [3.8, 4) is 0 Å². The van der Waals surface area contributed by atoms with Crippen LogP contribution in [0.15, 0.2) is 85.1 Å². The van der Waals surface area contributed by atoms with Crippen LogP contribution >= 0.6 is 0 Å². The number of aliphatic hydroxyl groups is 7. The maximum absolute atomic E-state index is 13.1. The van der Waals surface area contributed by atoms with Crippen molar-refractivity contribution in [2.75, 3.05) is 33.0 Å². The van der Waals surface area contributed by atoms with Crippen LogP contribution < -0.4 is 0 Å². The van der Waals surface area contributed by atoms with E-state index in [-0.39, 0.29) is 19.6 Å². The number of rotatable bonds is 49. The monoisotopic (exact) mass is 1100 g/mol. The zero-order valence-corrected chi connectivity index (χ0v) is 48.4. The standard InChI is InChI=1S/C64H110O14/c1-3-5-7-9-11-13-15-17-19-21-23-24-25-26-27-28-29-31-33-35-37-39-41-43-45-47-56(66)76-53(50-73-48-46-44-42-40-38-36-34-32-30-22-20-18-16-14-12-10-8-6-4-2)51-74-63-62(72)60(70)58(68)55(78-63)52-75-64-61(71)59(69)57(67)54(49-65)77-64/h5,7,11,13,17,19,23-24,26-27,29,31,35,37,53-55,57-65,67-72H,3-4,6,8-10,12,14-16,18,20-22,25,28,30,32-34,36,38-52H2,1-2H3/b7-5-,13-11-,19-17-,24-23-,27-26-,31-29-,37-35-. The van der Waals surface area contributed by atoms with Gasteiger partial charge in [-0.25, -0.2) is 0 Å². The molecule has 14 heteroatoms. The molecule has 0 aromatic heterocycles. The number of hydrogen-bond donors (Lipinski definition) is 7. The van der Waals surface area contributed by atoms with Gasteiger partial charge in [0.1, 0.15) is 54.9 Å². The van der Waals surface area contributed by atoms with Gasteiger partial charge in [0.05, 0.1) is 26.4 Å². The molecule has 0 aliphatic carbocycles. The maximum Gasteiger partial charge on any atom is 0.306 e. The molecule has 0 saturated carbocycles. The summed E-state index contributed by atoms with van der Waals surface area (Å²) in [5, 5.41) is 72.4. The molecule has 7 N–H and O–H groups in total. The van der Waals surface area contributed by atoms with Crippen molar-refractivity contribution in [1.29, 1.82) is 0 Å². The van der Waals surface area contributed by atoms with Crippen LogP contribution in [0.25, 0.3) is 0 Å². The summed E-state index contributed by atoms with van der Waals surface area (Å²) in [6.07, 6.45) is 49.3. The van der Waals surface area contributed by atoms with Crippen molar-refractivity contribution in [1.82, 2.24) is 0 Å². The lowest BCUT2D eigenvalue weighted by atomic mass is 9.98. The SMILES string of the molecule is CC/C=C\C/C=C\C/C=C\C/C=C\C/C=C\C/C=C\C/C=C\CCCCCC(=O)OC(COCCCCCCCCCCCCCCCCCCCCC)COC1OC(COC2OC(CO)C(O)C(O)C2O)C(O)C(O)C1O. The van der Waals surface area contributed by atoms with Gasteiger partial charge < -0.3 is 64.2 Å². The topological polar surface area (TPSA) is 214 Å². The molecule has 0 aromatic rings.